The fourth-order valence-electron chi connectivity index (χ4n) is 6.43. The van der Waals surface area contributed by atoms with Gasteiger partial charge in [-0.15, -0.1) is 0 Å². The van der Waals surface area contributed by atoms with Crippen LogP contribution in [0.1, 0.15) is 37.7 Å². The van der Waals surface area contributed by atoms with Crippen molar-refractivity contribution >= 4 is 50.7 Å². The van der Waals surface area contributed by atoms with Crippen molar-refractivity contribution in [2.45, 2.75) is 49.0 Å². The number of amides is 1. The number of ether oxygens (including phenoxy) is 1. The number of benzene rings is 2. The van der Waals surface area contributed by atoms with E-state index in [-0.39, 0.29) is 51.2 Å². The molecule has 2 aliphatic rings. The van der Waals surface area contributed by atoms with Gasteiger partial charge in [0.05, 0.1) is 16.7 Å². The van der Waals surface area contributed by atoms with Crippen molar-refractivity contribution in [2.24, 2.45) is 5.92 Å². The Hall–Kier alpha value is -1.43. The number of hydrogen-bond acceptors (Lipinski definition) is 6. The van der Waals surface area contributed by atoms with Crippen molar-refractivity contribution in [1.29, 1.82) is 0 Å². The highest BCUT2D eigenvalue weighted by Crippen LogP contribution is 2.41. The standard InChI is InChI=1S/C32H45Cl3N4O4S/c1-36-15-17-39(18-16-36)32(12-9-25-7-5-4-6-8-25)13-10-26(11-14-32)23-37(2)30(40)24-43-20-19-38(3)44(41,42)31-28(34)21-27(33)22-29(31)35/h4-8,21-22,26H,9-20,23-24H2,1-3H3. The Morgan fingerprint density at radius 1 is 1.00 bits per heavy atom. The Labute approximate surface area is 278 Å². The maximum atomic E-state index is 13.0. The van der Waals surface area contributed by atoms with E-state index in [0.29, 0.717) is 12.5 Å². The summed E-state index contributed by atoms with van der Waals surface area (Å²) in [6, 6.07) is 13.5. The minimum Gasteiger partial charge on any atom is -0.370 e. The van der Waals surface area contributed by atoms with Crippen LogP contribution in [0, 0.1) is 5.92 Å². The average molecular weight is 688 g/mol. The van der Waals surface area contributed by atoms with Gasteiger partial charge in [-0.05, 0) is 69.2 Å². The molecule has 44 heavy (non-hydrogen) atoms. The first-order chi connectivity index (χ1) is 20.9. The fraction of sp³-hybridized carbons (Fsp3) is 0.594. The molecule has 2 fully saturated rings. The van der Waals surface area contributed by atoms with Crippen molar-refractivity contribution < 1.29 is 17.9 Å². The highest BCUT2D eigenvalue weighted by molar-refractivity contribution is 7.89. The number of nitrogens with zero attached hydrogens (tertiary/aromatic N) is 4. The zero-order chi connectivity index (χ0) is 31.9. The van der Waals surface area contributed by atoms with Crippen LogP contribution in [0.15, 0.2) is 47.4 Å². The van der Waals surface area contributed by atoms with E-state index in [0.717, 1.165) is 69.0 Å². The van der Waals surface area contributed by atoms with Crippen molar-refractivity contribution in [3.63, 3.8) is 0 Å². The monoisotopic (exact) mass is 686 g/mol. The smallest absolute Gasteiger partial charge is 0.248 e. The first-order valence-electron chi connectivity index (χ1n) is 15.3. The van der Waals surface area contributed by atoms with E-state index in [1.165, 1.54) is 24.7 Å². The average Bonchev–Trinajstić information content (AvgIpc) is 2.99. The molecule has 0 aromatic heterocycles. The predicted octanol–water partition coefficient (Wildman–Crippen LogP) is 5.55. The molecule has 0 spiro atoms. The van der Waals surface area contributed by atoms with Crippen LogP contribution >= 0.6 is 34.8 Å². The number of carbonyl (C=O) groups is 1. The summed E-state index contributed by atoms with van der Waals surface area (Å²) in [5.74, 6) is 0.339. The quantitative estimate of drug-likeness (QED) is 0.257. The molecule has 4 rings (SSSR count). The molecule has 0 bridgehead atoms. The van der Waals surface area contributed by atoms with Gasteiger partial charge in [0.1, 0.15) is 11.5 Å². The van der Waals surface area contributed by atoms with Gasteiger partial charge in [0, 0.05) is 63.9 Å². The third-order valence-electron chi connectivity index (χ3n) is 9.30. The predicted molar refractivity (Wildman–Crippen MR) is 178 cm³/mol. The Kier molecular flexibility index (Phi) is 12.8. The van der Waals surface area contributed by atoms with Crippen molar-refractivity contribution in [3.8, 4) is 0 Å². The maximum Gasteiger partial charge on any atom is 0.248 e. The van der Waals surface area contributed by atoms with E-state index in [2.05, 4.69) is 47.2 Å². The number of carbonyl (C=O) groups excluding carboxylic acids is 1. The molecule has 1 amide bonds. The summed E-state index contributed by atoms with van der Waals surface area (Å²) < 4.78 is 32.7. The van der Waals surface area contributed by atoms with Gasteiger partial charge < -0.3 is 14.5 Å². The Bertz CT molecular complexity index is 1330. The summed E-state index contributed by atoms with van der Waals surface area (Å²) in [5, 5.41) is 0.150. The molecule has 1 heterocycles. The number of aryl methyl sites for hydroxylation is 1. The second-order valence-electron chi connectivity index (χ2n) is 12.3. The molecular weight excluding hydrogens is 643 g/mol. The summed E-state index contributed by atoms with van der Waals surface area (Å²) in [7, 11) is 1.48. The second kappa shape index (κ2) is 15.9. The SMILES string of the molecule is CN1CCN(C2(CCc3ccccc3)CCC(CN(C)C(=O)COCCN(C)S(=O)(=O)c3c(Cl)cc(Cl)cc3Cl)CC2)CC1. The number of rotatable bonds is 13. The van der Waals surface area contributed by atoms with Gasteiger partial charge in [-0.25, -0.2) is 8.42 Å². The van der Waals surface area contributed by atoms with Gasteiger partial charge in [-0.1, -0.05) is 65.1 Å². The second-order valence-corrected chi connectivity index (χ2v) is 15.5. The lowest BCUT2D eigenvalue weighted by molar-refractivity contribution is -0.135. The lowest BCUT2D eigenvalue weighted by Crippen LogP contribution is -2.58. The molecule has 1 aliphatic carbocycles. The first kappa shape index (κ1) is 35.4. The summed E-state index contributed by atoms with van der Waals surface area (Å²) >= 11 is 18.2. The number of piperazine rings is 1. The molecule has 0 atom stereocenters. The van der Waals surface area contributed by atoms with Gasteiger partial charge in [-0.2, -0.15) is 4.31 Å². The summed E-state index contributed by atoms with van der Waals surface area (Å²) in [6.45, 7) is 5.12. The maximum absolute atomic E-state index is 13.0. The number of halogens is 3. The fourth-order valence-corrected chi connectivity index (χ4v) is 9.07. The lowest BCUT2D eigenvalue weighted by Gasteiger charge is -2.51. The molecule has 244 valence electrons. The lowest BCUT2D eigenvalue weighted by atomic mass is 9.72. The molecule has 1 aliphatic heterocycles. The molecule has 2 aromatic carbocycles. The molecular formula is C32H45Cl3N4O4S. The molecule has 12 heteroatoms. The highest BCUT2D eigenvalue weighted by atomic mass is 35.5. The number of hydrogen-bond donors (Lipinski definition) is 0. The van der Waals surface area contributed by atoms with Gasteiger partial charge in [0.15, 0.2) is 0 Å². The topological polar surface area (TPSA) is 73.4 Å². The van der Waals surface area contributed by atoms with Gasteiger partial charge in [0.25, 0.3) is 0 Å². The van der Waals surface area contributed by atoms with Crippen molar-refractivity contribution in [3.05, 3.63) is 63.1 Å². The van der Waals surface area contributed by atoms with E-state index in [4.69, 9.17) is 39.5 Å². The molecule has 0 unspecified atom stereocenters. The zero-order valence-corrected chi connectivity index (χ0v) is 29.1. The molecule has 8 nitrogen and oxygen atoms in total. The molecule has 2 aromatic rings. The minimum atomic E-state index is -3.96. The summed E-state index contributed by atoms with van der Waals surface area (Å²) in [6.07, 6.45) is 6.74. The van der Waals surface area contributed by atoms with Crippen LogP contribution in [0.3, 0.4) is 0 Å². The molecule has 0 N–H and O–H groups in total. The summed E-state index contributed by atoms with van der Waals surface area (Å²) in [5.41, 5.74) is 1.61. The molecule has 1 saturated carbocycles. The van der Waals surface area contributed by atoms with Crippen LogP contribution in [0.5, 0.6) is 0 Å². The van der Waals surface area contributed by atoms with Crippen LogP contribution in [0.25, 0.3) is 0 Å². The van der Waals surface area contributed by atoms with Crippen molar-refractivity contribution in [1.82, 2.24) is 19.0 Å². The Morgan fingerprint density at radius 2 is 1.61 bits per heavy atom. The highest BCUT2D eigenvalue weighted by Gasteiger charge is 2.41. The van der Waals surface area contributed by atoms with Crippen molar-refractivity contribution in [2.75, 3.05) is 73.6 Å². The van der Waals surface area contributed by atoms with Gasteiger partial charge in [0.2, 0.25) is 15.9 Å². The normalized spacial score (nSPS) is 21.9. The largest absolute Gasteiger partial charge is 0.370 e. The van der Waals surface area contributed by atoms with Crippen LogP contribution < -0.4 is 0 Å². The minimum absolute atomic E-state index is 0.0363. The van der Waals surface area contributed by atoms with Gasteiger partial charge in [-0.3, -0.25) is 9.69 Å². The first-order valence-corrected chi connectivity index (χ1v) is 17.9. The van der Waals surface area contributed by atoms with E-state index >= 15 is 0 Å². The zero-order valence-electron chi connectivity index (χ0n) is 26.0. The van der Waals surface area contributed by atoms with Crippen LogP contribution in [-0.4, -0.2) is 112 Å². The van der Waals surface area contributed by atoms with E-state index in [1.807, 2.05) is 7.05 Å². The Morgan fingerprint density at radius 3 is 2.23 bits per heavy atom. The van der Waals surface area contributed by atoms with Crippen LogP contribution in [-0.2, 0) is 26.0 Å². The van der Waals surface area contributed by atoms with Crippen LogP contribution in [0.2, 0.25) is 15.1 Å². The van der Waals surface area contributed by atoms with E-state index in [1.54, 1.807) is 4.90 Å². The third-order valence-corrected chi connectivity index (χ3v) is 12.3. The molecule has 0 radical (unpaired) electrons. The molecule has 1 saturated heterocycles. The number of sulfonamides is 1. The van der Waals surface area contributed by atoms with E-state index in [9.17, 15) is 13.2 Å². The van der Waals surface area contributed by atoms with Gasteiger partial charge >= 0.3 is 0 Å². The van der Waals surface area contributed by atoms with Crippen LogP contribution in [0.4, 0.5) is 0 Å². The summed E-state index contributed by atoms with van der Waals surface area (Å²) in [4.78, 5) is 19.6. The van der Waals surface area contributed by atoms with E-state index < -0.39 is 10.0 Å². The Balaban J connectivity index is 1.23. The number of likely N-dealkylation sites (N-methyl/N-ethyl adjacent to an activating group) is 3. The third kappa shape index (κ3) is 9.10.